The van der Waals surface area contributed by atoms with Crippen LogP contribution in [0.4, 0.5) is 0 Å². The lowest BCUT2D eigenvalue weighted by molar-refractivity contribution is -0.129. The molecule has 0 saturated carbocycles. The van der Waals surface area contributed by atoms with Gasteiger partial charge in [0.05, 0.1) is 12.3 Å². The molecule has 156 valence electrons. The number of furan rings is 1. The molecule has 1 N–H and O–H groups in total. The molecule has 0 fully saturated rings. The van der Waals surface area contributed by atoms with E-state index in [-0.39, 0.29) is 17.5 Å². The van der Waals surface area contributed by atoms with Crippen LogP contribution >= 0.6 is 0 Å². The molecule has 31 heavy (non-hydrogen) atoms. The molecule has 0 spiro atoms. The topological polar surface area (TPSA) is 77.1 Å². The maximum atomic E-state index is 13.4. The lowest BCUT2D eigenvalue weighted by atomic mass is 9.96. The monoisotopic (exact) mass is 413 g/mol. The molecule has 4 rings (SSSR count). The van der Waals surface area contributed by atoms with Crippen molar-refractivity contribution in [2.75, 3.05) is 0 Å². The summed E-state index contributed by atoms with van der Waals surface area (Å²) in [5.41, 5.74) is 0.770. The number of hydrogen-bond acceptors (Lipinski definition) is 4. The second-order valence-corrected chi connectivity index (χ2v) is 7.73. The molecule has 0 aliphatic rings. The molecule has 0 aliphatic heterocycles. The molecular formula is C25H23N3O3. The van der Waals surface area contributed by atoms with Crippen molar-refractivity contribution in [2.24, 2.45) is 0 Å². The minimum atomic E-state index is -1.23. The summed E-state index contributed by atoms with van der Waals surface area (Å²) in [5.74, 6) is 0.202. The Morgan fingerprint density at radius 1 is 0.903 bits per heavy atom. The van der Waals surface area contributed by atoms with Crippen LogP contribution < -0.4 is 10.9 Å². The molecule has 6 heteroatoms. The van der Waals surface area contributed by atoms with E-state index in [2.05, 4.69) is 10.4 Å². The smallest absolute Gasteiger partial charge is 0.267 e. The zero-order valence-electron chi connectivity index (χ0n) is 17.4. The zero-order valence-corrected chi connectivity index (χ0v) is 17.4. The van der Waals surface area contributed by atoms with Gasteiger partial charge in [0.2, 0.25) is 5.91 Å². The van der Waals surface area contributed by atoms with E-state index in [4.69, 9.17) is 4.42 Å². The highest BCUT2D eigenvalue weighted by atomic mass is 16.3. The number of rotatable bonds is 6. The van der Waals surface area contributed by atoms with Crippen LogP contribution in [-0.2, 0) is 10.3 Å². The molecule has 0 unspecified atom stereocenters. The molecule has 0 aliphatic carbocycles. The van der Waals surface area contributed by atoms with Crippen molar-refractivity contribution < 1.29 is 9.21 Å². The standard InChI is InChI=1S/C25H23N3O3/c1-25(2,28-22(29)16-15-20(27-28)21-14-9-17-31-21)24(30)26-23(18-10-5-3-6-11-18)19-12-7-4-8-13-19/h3-17,23H,1-2H3,(H,26,30). The lowest BCUT2D eigenvalue weighted by Crippen LogP contribution is -2.50. The van der Waals surface area contributed by atoms with Gasteiger partial charge in [0.15, 0.2) is 5.76 Å². The second-order valence-electron chi connectivity index (χ2n) is 7.73. The molecule has 1 amide bonds. The van der Waals surface area contributed by atoms with Crippen LogP contribution in [0, 0.1) is 0 Å². The van der Waals surface area contributed by atoms with E-state index in [0.717, 1.165) is 11.1 Å². The van der Waals surface area contributed by atoms with E-state index in [1.54, 1.807) is 32.0 Å². The summed E-state index contributed by atoms with van der Waals surface area (Å²) < 4.78 is 6.59. The molecule has 0 saturated heterocycles. The van der Waals surface area contributed by atoms with Crippen molar-refractivity contribution in [2.45, 2.75) is 25.4 Å². The van der Waals surface area contributed by atoms with Gasteiger partial charge in [0, 0.05) is 6.07 Å². The Hall–Kier alpha value is -3.93. The molecule has 2 aromatic carbocycles. The fourth-order valence-electron chi connectivity index (χ4n) is 3.42. The van der Waals surface area contributed by atoms with Crippen molar-refractivity contribution in [3.63, 3.8) is 0 Å². The highest BCUT2D eigenvalue weighted by molar-refractivity contribution is 5.84. The maximum absolute atomic E-state index is 13.4. The molecule has 0 atom stereocenters. The highest BCUT2D eigenvalue weighted by Crippen LogP contribution is 2.24. The van der Waals surface area contributed by atoms with E-state index in [1.807, 2.05) is 60.7 Å². The molecule has 0 bridgehead atoms. The van der Waals surface area contributed by atoms with E-state index in [1.165, 1.54) is 17.0 Å². The van der Waals surface area contributed by atoms with Gasteiger partial charge in [-0.15, -0.1) is 0 Å². The Labute approximate surface area is 180 Å². The average Bonchev–Trinajstić information content (AvgIpc) is 3.33. The number of benzene rings is 2. The first-order valence-corrected chi connectivity index (χ1v) is 10.0. The van der Waals surface area contributed by atoms with E-state index < -0.39 is 5.54 Å². The van der Waals surface area contributed by atoms with Gasteiger partial charge in [-0.1, -0.05) is 60.7 Å². The van der Waals surface area contributed by atoms with Crippen LogP contribution in [0.25, 0.3) is 11.5 Å². The Kier molecular flexibility index (Phi) is 5.54. The number of hydrogen-bond donors (Lipinski definition) is 1. The lowest BCUT2D eigenvalue weighted by Gasteiger charge is -2.29. The van der Waals surface area contributed by atoms with Crippen molar-refractivity contribution in [3.05, 3.63) is 113 Å². The SMILES string of the molecule is CC(C)(C(=O)NC(c1ccccc1)c1ccccc1)n1nc(-c2ccco2)ccc1=O. The van der Waals surface area contributed by atoms with Gasteiger partial charge in [-0.05, 0) is 43.2 Å². The summed E-state index contributed by atoms with van der Waals surface area (Å²) in [6.45, 7) is 3.35. The third-order valence-electron chi connectivity index (χ3n) is 5.20. The minimum Gasteiger partial charge on any atom is -0.463 e. The quantitative estimate of drug-likeness (QED) is 0.515. The largest absolute Gasteiger partial charge is 0.463 e. The number of amides is 1. The molecule has 2 aromatic heterocycles. The summed E-state index contributed by atoms with van der Waals surface area (Å²) in [6.07, 6.45) is 1.54. The van der Waals surface area contributed by atoms with Gasteiger partial charge in [-0.2, -0.15) is 5.10 Å². The average molecular weight is 413 g/mol. The third-order valence-corrected chi connectivity index (χ3v) is 5.20. The first-order valence-electron chi connectivity index (χ1n) is 10.0. The van der Waals surface area contributed by atoms with Crippen LogP contribution in [0.2, 0.25) is 0 Å². The number of aromatic nitrogens is 2. The number of carbonyl (C=O) groups excluding carboxylic acids is 1. The highest BCUT2D eigenvalue weighted by Gasteiger charge is 2.34. The van der Waals surface area contributed by atoms with Crippen molar-refractivity contribution in [1.29, 1.82) is 0 Å². The van der Waals surface area contributed by atoms with Crippen molar-refractivity contribution in [3.8, 4) is 11.5 Å². The zero-order chi connectivity index (χ0) is 21.8. The van der Waals surface area contributed by atoms with Gasteiger partial charge in [-0.3, -0.25) is 9.59 Å². The normalized spacial score (nSPS) is 11.5. The molecule has 0 radical (unpaired) electrons. The van der Waals surface area contributed by atoms with Gasteiger partial charge >= 0.3 is 0 Å². The summed E-state index contributed by atoms with van der Waals surface area (Å²) in [4.78, 5) is 26.0. The maximum Gasteiger partial charge on any atom is 0.267 e. The molecule has 6 nitrogen and oxygen atoms in total. The van der Waals surface area contributed by atoms with Crippen LogP contribution in [0.5, 0.6) is 0 Å². The summed E-state index contributed by atoms with van der Waals surface area (Å²) >= 11 is 0. The minimum absolute atomic E-state index is 0.323. The number of carbonyl (C=O) groups is 1. The summed E-state index contributed by atoms with van der Waals surface area (Å²) in [6, 6.07) is 25.6. The summed E-state index contributed by atoms with van der Waals surface area (Å²) in [7, 11) is 0. The van der Waals surface area contributed by atoms with Gasteiger partial charge in [0.1, 0.15) is 11.2 Å². The second kappa shape index (κ2) is 8.44. The van der Waals surface area contributed by atoms with E-state index in [0.29, 0.717) is 11.5 Å². The van der Waals surface area contributed by atoms with Gasteiger partial charge in [-0.25, -0.2) is 4.68 Å². The number of nitrogens with one attached hydrogen (secondary N) is 1. The fourth-order valence-corrected chi connectivity index (χ4v) is 3.42. The van der Waals surface area contributed by atoms with Crippen LogP contribution in [0.3, 0.4) is 0 Å². The van der Waals surface area contributed by atoms with Crippen LogP contribution in [-0.4, -0.2) is 15.7 Å². The summed E-state index contributed by atoms with van der Waals surface area (Å²) in [5, 5.41) is 7.52. The van der Waals surface area contributed by atoms with Crippen molar-refractivity contribution >= 4 is 5.91 Å². The van der Waals surface area contributed by atoms with Crippen molar-refractivity contribution in [1.82, 2.24) is 15.1 Å². The first kappa shape index (κ1) is 20.3. The fraction of sp³-hybridized carbons (Fsp3) is 0.160. The van der Waals surface area contributed by atoms with Crippen LogP contribution in [0.1, 0.15) is 31.0 Å². The predicted molar refractivity (Wildman–Crippen MR) is 118 cm³/mol. The Morgan fingerprint density at radius 3 is 2.06 bits per heavy atom. The number of nitrogens with zero attached hydrogens (tertiary/aromatic N) is 2. The molecular weight excluding hydrogens is 390 g/mol. The first-order chi connectivity index (χ1) is 15.0. The van der Waals surface area contributed by atoms with E-state index >= 15 is 0 Å². The molecule has 2 heterocycles. The van der Waals surface area contributed by atoms with Gasteiger partial charge in [0.25, 0.3) is 5.56 Å². The Balaban J connectivity index is 1.69. The Bertz CT molecular complexity index is 1170. The Morgan fingerprint density at radius 2 is 1.52 bits per heavy atom. The van der Waals surface area contributed by atoms with Crippen LogP contribution in [0.15, 0.2) is 100 Å². The van der Waals surface area contributed by atoms with Gasteiger partial charge < -0.3 is 9.73 Å². The van der Waals surface area contributed by atoms with E-state index in [9.17, 15) is 9.59 Å². The predicted octanol–water partition coefficient (Wildman–Crippen LogP) is 4.14. The molecule has 4 aromatic rings. The third kappa shape index (κ3) is 4.19.